The van der Waals surface area contributed by atoms with Crippen LogP contribution in [0.25, 0.3) is 27.9 Å². The fraction of sp³-hybridized carbons (Fsp3) is 0.425. The fourth-order valence-corrected chi connectivity index (χ4v) is 9.43. The first-order valence-corrected chi connectivity index (χ1v) is 21.3. The first-order valence-electron chi connectivity index (χ1n) is 19.9. The number of H-pyrrole nitrogens is 1. The summed E-state index contributed by atoms with van der Waals surface area (Å²) in [5.74, 6) is -0.833. The molecule has 1 atom stereocenters. The summed E-state index contributed by atoms with van der Waals surface area (Å²) >= 11 is 0. The Labute approximate surface area is 344 Å². The van der Waals surface area contributed by atoms with Gasteiger partial charge in [0.15, 0.2) is 5.75 Å². The van der Waals surface area contributed by atoms with Crippen molar-refractivity contribution in [3.8, 4) is 17.0 Å². The van der Waals surface area contributed by atoms with Crippen LogP contribution < -0.4 is 21.1 Å². The van der Waals surface area contributed by atoms with Crippen LogP contribution in [0.2, 0.25) is 0 Å². The number of aryl methyl sites for hydroxylation is 2. The van der Waals surface area contributed by atoms with E-state index in [2.05, 4.69) is 40.8 Å². The predicted molar refractivity (Wildman–Crippen MR) is 220 cm³/mol. The second-order valence-electron chi connectivity index (χ2n) is 15.7. The number of sulfonamides is 1. The summed E-state index contributed by atoms with van der Waals surface area (Å²) in [6.45, 7) is 7.96. The molecule has 0 aliphatic carbocycles. The Bertz CT molecular complexity index is 2750. The molecular formula is C40H47FN12O6S. The maximum atomic E-state index is 15.7. The molecule has 0 saturated carbocycles. The summed E-state index contributed by atoms with van der Waals surface area (Å²) in [5, 5.41) is 16.4. The van der Waals surface area contributed by atoms with E-state index in [9.17, 15) is 22.8 Å². The molecule has 2 amide bonds. The van der Waals surface area contributed by atoms with E-state index >= 15 is 4.39 Å². The Kier molecular flexibility index (Phi) is 11.0. The van der Waals surface area contributed by atoms with Crippen molar-refractivity contribution in [3.05, 3.63) is 76.5 Å². The smallest absolute Gasteiger partial charge is 0.329 e. The Morgan fingerprint density at radius 2 is 1.87 bits per heavy atom. The lowest BCUT2D eigenvalue weighted by atomic mass is 9.89. The van der Waals surface area contributed by atoms with Crippen LogP contribution in [-0.2, 0) is 26.7 Å². The third-order valence-corrected chi connectivity index (χ3v) is 13.2. The molecule has 4 aromatic heterocycles. The van der Waals surface area contributed by atoms with Crippen LogP contribution in [0.1, 0.15) is 69.0 Å². The van der Waals surface area contributed by atoms with Gasteiger partial charge >= 0.3 is 5.69 Å². The van der Waals surface area contributed by atoms with E-state index in [1.54, 1.807) is 30.9 Å². The molecule has 1 unspecified atom stereocenters. The maximum absolute atomic E-state index is 15.7. The minimum atomic E-state index is -4.00. The third-order valence-electron chi connectivity index (χ3n) is 11.3. The molecule has 316 valence electrons. The summed E-state index contributed by atoms with van der Waals surface area (Å²) in [7, 11) is -0.810. The van der Waals surface area contributed by atoms with Crippen molar-refractivity contribution in [1.29, 1.82) is 0 Å². The number of benzene rings is 2. The molecule has 2 saturated heterocycles. The predicted octanol–water partition coefficient (Wildman–Crippen LogP) is 4.01. The quantitative estimate of drug-likeness (QED) is 0.141. The largest absolute Gasteiger partial charge is 0.485 e. The van der Waals surface area contributed by atoms with Gasteiger partial charge in [0.1, 0.15) is 23.9 Å². The molecule has 0 spiro atoms. The Balaban J connectivity index is 0.875. The number of imide groups is 1. The molecule has 2 fully saturated rings. The van der Waals surface area contributed by atoms with Crippen LogP contribution in [-0.4, -0.2) is 108 Å². The molecule has 2 aromatic carbocycles. The van der Waals surface area contributed by atoms with Gasteiger partial charge < -0.3 is 15.0 Å². The topological polar surface area (TPSA) is 207 Å². The number of hydrogen-bond donors (Lipinski definition) is 3. The molecule has 6 heterocycles. The van der Waals surface area contributed by atoms with E-state index in [-0.39, 0.29) is 59.5 Å². The van der Waals surface area contributed by atoms with Crippen molar-refractivity contribution < 1.29 is 27.1 Å². The van der Waals surface area contributed by atoms with E-state index in [0.29, 0.717) is 46.7 Å². The highest BCUT2D eigenvalue weighted by Gasteiger charge is 2.32. The van der Waals surface area contributed by atoms with Crippen LogP contribution >= 0.6 is 0 Å². The zero-order valence-corrected chi connectivity index (χ0v) is 34.8. The minimum absolute atomic E-state index is 0.0415. The van der Waals surface area contributed by atoms with E-state index in [1.807, 2.05) is 32.0 Å². The van der Waals surface area contributed by atoms with Crippen molar-refractivity contribution >= 4 is 50.2 Å². The number of nitrogens with zero attached hydrogens (tertiary/aromatic N) is 9. The molecule has 20 heteroatoms. The second-order valence-corrected chi connectivity index (χ2v) is 17.8. The Morgan fingerprint density at radius 1 is 1.08 bits per heavy atom. The molecule has 0 bridgehead atoms. The molecule has 8 rings (SSSR count). The van der Waals surface area contributed by atoms with Crippen LogP contribution in [0, 0.1) is 12.7 Å². The fourth-order valence-electron chi connectivity index (χ4n) is 8.12. The summed E-state index contributed by atoms with van der Waals surface area (Å²) in [6.07, 6.45) is 7.40. The summed E-state index contributed by atoms with van der Waals surface area (Å²) in [5.41, 5.74) is 4.18. The Hall–Kier alpha value is -5.99. The molecule has 18 nitrogen and oxygen atoms in total. The lowest BCUT2D eigenvalue weighted by Gasteiger charge is -2.32. The number of carbonyl (C=O) groups excluding carboxylic acids is 2. The van der Waals surface area contributed by atoms with Crippen LogP contribution in [0.5, 0.6) is 5.75 Å². The lowest BCUT2D eigenvalue weighted by molar-refractivity contribution is -0.135. The van der Waals surface area contributed by atoms with Crippen molar-refractivity contribution in [2.75, 3.05) is 38.5 Å². The number of hydrogen-bond acceptors (Lipinski definition) is 12. The van der Waals surface area contributed by atoms with Crippen molar-refractivity contribution in [2.45, 2.75) is 75.8 Å². The molecule has 0 radical (unpaired) electrons. The SMILES string of the molecule is Cc1cc(S(=O)(=O)N(C)CCCN2CCC(c3ccc4c(c3)n(C)c(=O)n4C3CCC(=O)NC3=O)CC2)cc(F)c1Nc1nc2c(OC(C)C)c(-c3cn[nH]c3)ncn2n1. The van der Waals surface area contributed by atoms with Crippen molar-refractivity contribution in [2.24, 2.45) is 7.05 Å². The van der Waals surface area contributed by atoms with Gasteiger partial charge in [-0.25, -0.2) is 26.9 Å². The highest BCUT2D eigenvalue weighted by molar-refractivity contribution is 7.89. The molecule has 2 aliphatic rings. The summed E-state index contributed by atoms with van der Waals surface area (Å²) < 4.78 is 54.8. The van der Waals surface area contributed by atoms with Gasteiger partial charge in [-0.3, -0.25) is 29.1 Å². The van der Waals surface area contributed by atoms with Crippen LogP contribution in [0.3, 0.4) is 0 Å². The number of rotatable bonds is 13. The number of anilines is 2. The van der Waals surface area contributed by atoms with Crippen molar-refractivity contribution in [3.63, 3.8) is 0 Å². The van der Waals surface area contributed by atoms with Gasteiger partial charge in [0.05, 0.1) is 33.9 Å². The zero-order valence-electron chi connectivity index (χ0n) is 34.0. The van der Waals surface area contributed by atoms with Gasteiger partial charge in [-0.2, -0.15) is 14.6 Å². The maximum Gasteiger partial charge on any atom is 0.329 e. The van der Waals surface area contributed by atoms with Crippen LogP contribution in [0.4, 0.5) is 16.0 Å². The molecule has 6 aromatic rings. The molecule has 3 N–H and O–H groups in total. The van der Waals surface area contributed by atoms with Gasteiger partial charge in [0.25, 0.3) is 0 Å². The summed E-state index contributed by atoms with van der Waals surface area (Å²) in [4.78, 5) is 48.7. The van der Waals surface area contributed by atoms with E-state index < -0.39 is 27.8 Å². The molecular weight excluding hydrogens is 796 g/mol. The number of nitrogens with one attached hydrogen (secondary N) is 3. The number of aromatic amines is 1. The average molecular weight is 843 g/mol. The first kappa shape index (κ1) is 40.8. The average Bonchev–Trinajstić information content (AvgIpc) is 3.95. The van der Waals surface area contributed by atoms with E-state index in [1.165, 1.54) is 32.8 Å². The van der Waals surface area contributed by atoms with Gasteiger partial charge in [-0.15, -0.1) is 5.10 Å². The highest BCUT2D eigenvalue weighted by atomic mass is 32.2. The monoisotopic (exact) mass is 842 g/mol. The van der Waals surface area contributed by atoms with Crippen LogP contribution in [0.15, 0.2) is 58.7 Å². The number of amides is 2. The number of likely N-dealkylation sites (tertiary alicyclic amines) is 1. The van der Waals surface area contributed by atoms with Crippen molar-refractivity contribution in [1.82, 2.24) is 53.4 Å². The summed E-state index contributed by atoms with van der Waals surface area (Å²) in [6, 6.07) is 7.64. The number of carbonyl (C=O) groups is 2. The number of imidazole rings is 1. The first-order chi connectivity index (χ1) is 28.7. The van der Waals surface area contributed by atoms with E-state index in [0.717, 1.165) is 43.1 Å². The minimum Gasteiger partial charge on any atom is -0.485 e. The number of fused-ring (bicyclic) bond motifs is 2. The normalized spacial score (nSPS) is 17.0. The van der Waals surface area contributed by atoms with Gasteiger partial charge in [-0.05, 0) is 107 Å². The molecule has 60 heavy (non-hydrogen) atoms. The second kappa shape index (κ2) is 16.2. The number of halogens is 1. The zero-order chi connectivity index (χ0) is 42.5. The van der Waals surface area contributed by atoms with Gasteiger partial charge in [0, 0.05) is 38.8 Å². The van der Waals surface area contributed by atoms with E-state index in [4.69, 9.17) is 4.74 Å². The number of aromatic nitrogens is 8. The third kappa shape index (κ3) is 7.77. The lowest BCUT2D eigenvalue weighted by Crippen LogP contribution is -2.44. The number of piperidine rings is 2. The van der Waals surface area contributed by atoms with Gasteiger partial charge in [-0.1, -0.05) is 6.07 Å². The number of ether oxygens (including phenoxy) is 1. The molecule has 2 aliphatic heterocycles. The van der Waals surface area contributed by atoms with Gasteiger partial charge in [0.2, 0.25) is 33.4 Å². The standard InChI is InChI=1S/C40H47FN12O6S/c1-23(2)59-36-35(27-20-43-44-21-27)42-22-52-37(36)47-39(48-52)46-34-24(3)17-28(19-29(34)41)60(57,58)49(4)13-6-14-51-15-11-25(12-16-51)26-7-8-30-32(18-26)50(5)40(56)53(30)31-9-10-33(54)45-38(31)55/h7-8,17-23,25,31H,6,9-16H2,1-5H3,(H,43,44)(H,46,48)(H,45,54,55). The highest BCUT2D eigenvalue weighted by Crippen LogP contribution is 2.34. The Morgan fingerprint density at radius 3 is 2.57 bits per heavy atom.